The Hall–Kier alpha value is -2.63. The highest BCUT2D eigenvalue weighted by Gasteiger charge is 2.41. The number of fused-ring (bicyclic) bond motifs is 3. The lowest BCUT2D eigenvalue weighted by Crippen LogP contribution is -2.48. The summed E-state index contributed by atoms with van der Waals surface area (Å²) in [5, 5.41) is 0. The van der Waals surface area contributed by atoms with Crippen molar-refractivity contribution in [1.29, 1.82) is 0 Å². The van der Waals surface area contributed by atoms with Gasteiger partial charge in [-0.05, 0) is 18.9 Å². The minimum atomic E-state index is -0.0290. The molecule has 130 valence electrons. The van der Waals surface area contributed by atoms with Crippen LogP contribution < -0.4 is 4.90 Å². The number of benzene rings is 1. The second kappa shape index (κ2) is 6.02. The van der Waals surface area contributed by atoms with Gasteiger partial charge in [0.1, 0.15) is 5.82 Å². The molecule has 6 nitrogen and oxygen atoms in total. The van der Waals surface area contributed by atoms with Crippen LogP contribution >= 0.6 is 0 Å². The van der Waals surface area contributed by atoms with Crippen molar-refractivity contribution in [3.8, 4) is 0 Å². The SMILES string of the molecule is CCC[C@@H]1CN2C(=N1)N(C)C(=O)c1c2nc(C)n1Cc1ccccc1. The minimum Gasteiger partial charge on any atom is -0.318 e. The lowest BCUT2D eigenvalue weighted by Gasteiger charge is -2.31. The van der Waals surface area contributed by atoms with E-state index in [0.717, 1.165) is 42.6 Å². The summed E-state index contributed by atoms with van der Waals surface area (Å²) < 4.78 is 2.02. The molecule has 1 atom stereocenters. The average molecular weight is 337 g/mol. The van der Waals surface area contributed by atoms with E-state index in [-0.39, 0.29) is 11.9 Å². The van der Waals surface area contributed by atoms with Gasteiger partial charge in [0, 0.05) is 13.6 Å². The second-order valence-electron chi connectivity index (χ2n) is 6.75. The van der Waals surface area contributed by atoms with Gasteiger partial charge in [0.05, 0.1) is 12.6 Å². The maximum atomic E-state index is 13.0. The molecular weight excluding hydrogens is 314 g/mol. The fourth-order valence-electron chi connectivity index (χ4n) is 3.66. The highest BCUT2D eigenvalue weighted by atomic mass is 16.2. The Morgan fingerprint density at radius 3 is 2.72 bits per heavy atom. The van der Waals surface area contributed by atoms with Gasteiger partial charge in [-0.15, -0.1) is 0 Å². The number of carbonyl (C=O) groups excluding carboxylic acids is 1. The van der Waals surface area contributed by atoms with Gasteiger partial charge in [-0.3, -0.25) is 14.6 Å². The van der Waals surface area contributed by atoms with Crippen molar-refractivity contribution in [3.05, 3.63) is 47.4 Å². The molecule has 1 aromatic heterocycles. The molecule has 0 radical (unpaired) electrons. The zero-order valence-electron chi connectivity index (χ0n) is 14.9. The number of aliphatic imine (C=N–C) groups is 1. The predicted octanol–water partition coefficient (Wildman–Crippen LogP) is 2.67. The molecule has 0 aliphatic carbocycles. The Kier molecular flexibility index (Phi) is 3.82. The number of rotatable bonds is 4. The summed E-state index contributed by atoms with van der Waals surface area (Å²) in [4.78, 5) is 26.3. The fraction of sp³-hybridized carbons (Fsp3) is 0.421. The van der Waals surface area contributed by atoms with Crippen LogP contribution in [0.5, 0.6) is 0 Å². The average Bonchev–Trinajstić information content (AvgIpc) is 3.16. The third-order valence-electron chi connectivity index (χ3n) is 4.94. The van der Waals surface area contributed by atoms with Crippen molar-refractivity contribution in [3.63, 3.8) is 0 Å². The van der Waals surface area contributed by atoms with E-state index in [4.69, 9.17) is 9.98 Å². The number of aromatic nitrogens is 2. The molecule has 0 bridgehead atoms. The minimum absolute atomic E-state index is 0.0290. The van der Waals surface area contributed by atoms with Crippen LogP contribution in [0.15, 0.2) is 35.3 Å². The monoisotopic (exact) mass is 337 g/mol. The smallest absolute Gasteiger partial charge is 0.280 e. The third-order valence-corrected chi connectivity index (χ3v) is 4.94. The van der Waals surface area contributed by atoms with E-state index in [1.54, 1.807) is 11.9 Å². The molecule has 2 aliphatic heterocycles. The molecule has 0 N–H and O–H groups in total. The number of amides is 1. The van der Waals surface area contributed by atoms with Gasteiger partial charge in [0.25, 0.3) is 5.91 Å². The molecule has 2 aliphatic rings. The Labute approximate surface area is 147 Å². The van der Waals surface area contributed by atoms with E-state index < -0.39 is 0 Å². The summed E-state index contributed by atoms with van der Waals surface area (Å²) >= 11 is 0. The number of guanidine groups is 1. The molecule has 0 unspecified atom stereocenters. The lowest BCUT2D eigenvalue weighted by molar-refractivity contribution is 0.0855. The van der Waals surface area contributed by atoms with Crippen LogP contribution in [0.4, 0.5) is 5.82 Å². The molecule has 4 rings (SSSR count). The molecule has 0 fully saturated rings. The molecule has 0 saturated carbocycles. The van der Waals surface area contributed by atoms with E-state index in [0.29, 0.717) is 12.2 Å². The number of hydrogen-bond donors (Lipinski definition) is 0. The van der Waals surface area contributed by atoms with Crippen molar-refractivity contribution < 1.29 is 4.79 Å². The van der Waals surface area contributed by atoms with Gasteiger partial charge in [-0.2, -0.15) is 0 Å². The first-order valence-electron chi connectivity index (χ1n) is 8.84. The van der Waals surface area contributed by atoms with Crippen LogP contribution in [0.2, 0.25) is 0 Å². The van der Waals surface area contributed by atoms with Crippen LogP contribution in [0, 0.1) is 6.92 Å². The first-order chi connectivity index (χ1) is 12.1. The number of anilines is 1. The maximum Gasteiger partial charge on any atom is 0.280 e. The van der Waals surface area contributed by atoms with E-state index in [1.165, 1.54) is 0 Å². The zero-order valence-corrected chi connectivity index (χ0v) is 14.9. The molecule has 25 heavy (non-hydrogen) atoms. The number of carbonyl (C=O) groups is 1. The van der Waals surface area contributed by atoms with Crippen molar-refractivity contribution in [2.75, 3.05) is 18.5 Å². The van der Waals surface area contributed by atoms with Crippen LogP contribution in [-0.4, -0.2) is 46.0 Å². The fourth-order valence-corrected chi connectivity index (χ4v) is 3.66. The van der Waals surface area contributed by atoms with Gasteiger partial charge in [0.15, 0.2) is 11.5 Å². The summed E-state index contributed by atoms with van der Waals surface area (Å²) in [6.07, 6.45) is 2.11. The normalized spacial score (nSPS) is 19.1. The van der Waals surface area contributed by atoms with Crippen molar-refractivity contribution >= 4 is 17.7 Å². The summed E-state index contributed by atoms with van der Waals surface area (Å²) in [7, 11) is 1.81. The molecule has 1 amide bonds. The molecule has 2 aromatic rings. The Balaban J connectivity index is 1.75. The molecular formula is C19H23N5O. The van der Waals surface area contributed by atoms with E-state index in [9.17, 15) is 4.79 Å². The first-order valence-corrected chi connectivity index (χ1v) is 8.84. The second-order valence-corrected chi connectivity index (χ2v) is 6.75. The molecule has 0 saturated heterocycles. The number of nitrogens with zero attached hydrogens (tertiary/aromatic N) is 5. The zero-order chi connectivity index (χ0) is 17.6. The number of aryl methyl sites for hydroxylation is 1. The van der Waals surface area contributed by atoms with Gasteiger partial charge in [0.2, 0.25) is 5.96 Å². The number of imidazole rings is 1. The topological polar surface area (TPSA) is 53.7 Å². The summed E-state index contributed by atoms with van der Waals surface area (Å²) in [6, 6.07) is 10.4. The summed E-state index contributed by atoms with van der Waals surface area (Å²) in [5.74, 6) is 2.32. The van der Waals surface area contributed by atoms with Gasteiger partial charge in [-0.25, -0.2) is 9.98 Å². The van der Waals surface area contributed by atoms with Gasteiger partial charge in [-0.1, -0.05) is 43.7 Å². The quantitative estimate of drug-likeness (QED) is 0.862. The predicted molar refractivity (Wildman–Crippen MR) is 98.1 cm³/mol. The van der Waals surface area contributed by atoms with Crippen molar-refractivity contribution in [2.24, 2.45) is 4.99 Å². The summed E-state index contributed by atoms with van der Waals surface area (Å²) in [6.45, 7) is 5.57. The van der Waals surface area contributed by atoms with Crippen molar-refractivity contribution in [1.82, 2.24) is 14.5 Å². The van der Waals surface area contributed by atoms with Crippen LogP contribution in [-0.2, 0) is 6.54 Å². The van der Waals surface area contributed by atoms with Crippen LogP contribution in [0.25, 0.3) is 0 Å². The number of hydrogen-bond acceptors (Lipinski definition) is 4. The standard InChI is InChI=1S/C19H23N5O/c1-4-8-15-12-24-17-16(18(25)22(3)19(24)21-15)23(13(2)20-17)11-14-9-6-5-7-10-14/h5-7,9-10,15H,4,8,11-12H2,1-3H3/t15-/m1/s1. The lowest BCUT2D eigenvalue weighted by atomic mass is 10.2. The van der Waals surface area contributed by atoms with E-state index in [2.05, 4.69) is 24.0 Å². The van der Waals surface area contributed by atoms with E-state index in [1.807, 2.05) is 29.7 Å². The third kappa shape index (κ3) is 2.52. The van der Waals surface area contributed by atoms with Crippen molar-refractivity contribution in [2.45, 2.75) is 39.3 Å². The Bertz CT molecular complexity index is 839. The van der Waals surface area contributed by atoms with Gasteiger partial charge >= 0.3 is 0 Å². The molecule has 0 spiro atoms. The van der Waals surface area contributed by atoms with Crippen LogP contribution in [0.3, 0.4) is 0 Å². The van der Waals surface area contributed by atoms with Crippen LogP contribution in [0.1, 0.15) is 41.6 Å². The van der Waals surface area contributed by atoms with Gasteiger partial charge < -0.3 is 4.57 Å². The largest absolute Gasteiger partial charge is 0.318 e. The highest BCUT2D eigenvalue weighted by Crippen LogP contribution is 2.32. The first kappa shape index (κ1) is 15.9. The Morgan fingerprint density at radius 1 is 1.24 bits per heavy atom. The summed E-state index contributed by atoms with van der Waals surface area (Å²) in [5.41, 5.74) is 1.82. The van der Waals surface area contributed by atoms with E-state index >= 15 is 0 Å². The molecule has 1 aromatic carbocycles. The Morgan fingerprint density at radius 2 is 2.00 bits per heavy atom. The maximum absolute atomic E-state index is 13.0. The molecule has 3 heterocycles. The highest BCUT2D eigenvalue weighted by molar-refractivity contribution is 6.17. The molecule has 6 heteroatoms.